The maximum atomic E-state index is 5.46. The van der Waals surface area contributed by atoms with E-state index in [2.05, 4.69) is 10.6 Å². The average Bonchev–Trinajstić information content (AvgIpc) is 1.69. The molecule has 1 saturated heterocycles. The third-order valence-corrected chi connectivity index (χ3v) is 1.07. The van der Waals surface area contributed by atoms with Crippen LogP contribution in [0.5, 0.6) is 0 Å². The van der Waals surface area contributed by atoms with Gasteiger partial charge in [-0.1, -0.05) is 0 Å². The largest absolute Gasteiger partial charge is 0.314 e. The first-order valence-electron chi connectivity index (χ1n) is 2.59. The molecule has 1 aliphatic rings. The van der Waals surface area contributed by atoms with Gasteiger partial charge >= 0.3 is 0 Å². The molecular formula is C5H10N2. The van der Waals surface area contributed by atoms with E-state index in [-0.39, 0.29) is 6.04 Å². The first kappa shape index (κ1) is 5.06. The molecule has 7 heavy (non-hydrogen) atoms. The summed E-state index contributed by atoms with van der Waals surface area (Å²) in [6.45, 7) is 8.41. The lowest BCUT2D eigenvalue weighted by Crippen LogP contribution is -2.46. The summed E-state index contributed by atoms with van der Waals surface area (Å²) >= 11 is 0. The van der Waals surface area contributed by atoms with E-state index in [1.54, 1.807) is 0 Å². The fourth-order valence-electron chi connectivity index (χ4n) is 0.676. The smallest absolute Gasteiger partial charge is 0.0227 e. The molecule has 1 aliphatic heterocycles. The fraction of sp³-hybridized carbons (Fsp3) is 0.800. The molecule has 1 atom stereocenters. The van der Waals surface area contributed by atoms with Crippen LogP contribution in [-0.4, -0.2) is 25.7 Å². The van der Waals surface area contributed by atoms with Crippen LogP contribution < -0.4 is 10.6 Å². The molecule has 0 aromatic heterocycles. The highest BCUT2D eigenvalue weighted by Gasteiger charge is 2.03. The standard InChI is InChI=1S/C5H10N2/c1-5-4-6-2-3-7-5/h1,5-7H,2-4H2. The zero-order valence-electron chi connectivity index (χ0n) is 4.28. The summed E-state index contributed by atoms with van der Waals surface area (Å²) in [5.74, 6) is 0. The second-order valence-electron chi connectivity index (χ2n) is 1.76. The molecule has 2 N–H and O–H groups in total. The minimum Gasteiger partial charge on any atom is -0.314 e. The molecule has 0 aromatic carbocycles. The Morgan fingerprint density at radius 1 is 1.43 bits per heavy atom. The Labute approximate surface area is 44.3 Å². The normalized spacial score (nSPS) is 33.0. The second-order valence-corrected chi connectivity index (χ2v) is 1.76. The summed E-state index contributed by atoms with van der Waals surface area (Å²) in [5.41, 5.74) is 0. The van der Waals surface area contributed by atoms with Gasteiger partial charge in [0.25, 0.3) is 0 Å². The molecule has 40 valence electrons. The van der Waals surface area contributed by atoms with Crippen molar-refractivity contribution < 1.29 is 0 Å². The van der Waals surface area contributed by atoms with Gasteiger partial charge < -0.3 is 10.6 Å². The molecule has 2 nitrogen and oxygen atoms in total. The number of hydrogen-bond donors (Lipinski definition) is 2. The van der Waals surface area contributed by atoms with Crippen LogP contribution in [0.2, 0.25) is 0 Å². The fourth-order valence-corrected chi connectivity index (χ4v) is 0.676. The van der Waals surface area contributed by atoms with Crippen molar-refractivity contribution in [2.45, 2.75) is 6.04 Å². The van der Waals surface area contributed by atoms with Crippen molar-refractivity contribution in [2.24, 2.45) is 0 Å². The van der Waals surface area contributed by atoms with Crippen molar-refractivity contribution in [2.75, 3.05) is 19.6 Å². The first-order valence-corrected chi connectivity index (χ1v) is 2.59. The van der Waals surface area contributed by atoms with E-state index in [1.165, 1.54) is 0 Å². The molecular weight excluding hydrogens is 88.1 g/mol. The molecule has 0 saturated carbocycles. The highest BCUT2D eigenvalue weighted by molar-refractivity contribution is 4.76. The Morgan fingerprint density at radius 3 is 2.57 bits per heavy atom. The van der Waals surface area contributed by atoms with Gasteiger partial charge in [-0.05, 0) is 6.92 Å². The van der Waals surface area contributed by atoms with Crippen LogP contribution in [0.1, 0.15) is 0 Å². The Morgan fingerprint density at radius 2 is 2.29 bits per heavy atom. The molecule has 0 aromatic rings. The lowest BCUT2D eigenvalue weighted by molar-refractivity contribution is 0.469. The average molecular weight is 98.1 g/mol. The molecule has 0 spiro atoms. The molecule has 2 radical (unpaired) electrons. The predicted molar refractivity (Wildman–Crippen MR) is 29.0 cm³/mol. The van der Waals surface area contributed by atoms with Gasteiger partial charge in [0.1, 0.15) is 0 Å². The highest BCUT2D eigenvalue weighted by atomic mass is 15.0. The molecule has 0 bridgehead atoms. The molecule has 1 unspecified atom stereocenters. The highest BCUT2D eigenvalue weighted by Crippen LogP contribution is 1.80. The lowest BCUT2D eigenvalue weighted by atomic mass is 10.3. The Balaban J connectivity index is 2.12. The van der Waals surface area contributed by atoms with Crippen molar-refractivity contribution in [3.05, 3.63) is 6.92 Å². The maximum Gasteiger partial charge on any atom is 0.0227 e. The van der Waals surface area contributed by atoms with Crippen LogP contribution in [0.3, 0.4) is 0 Å². The van der Waals surface area contributed by atoms with Crippen LogP contribution in [0, 0.1) is 6.92 Å². The van der Waals surface area contributed by atoms with Crippen LogP contribution in [0.15, 0.2) is 0 Å². The zero-order chi connectivity index (χ0) is 5.11. The number of rotatable bonds is 0. The van der Waals surface area contributed by atoms with Gasteiger partial charge in [-0.2, -0.15) is 0 Å². The Kier molecular flexibility index (Phi) is 1.65. The number of nitrogens with one attached hydrogen (secondary N) is 2. The van der Waals surface area contributed by atoms with E-state index < -0.39 is 0 Å². The van der Waals surface area contributed by atoms with Crippen molar-refractivity contribution >= 4 is 0 Å². The summed E-state index contributed by atoms with van der Waals surface area (Å²) in [4.78, 5) is 0. The minimum absolute atomic E-state index is 0.175. The van der Waals surface area contributed by atoms with Crippen molar-refractivity contribution in [3.8, 4) is 0 Å². The van der Waals surface area contributed by atoms with Gasteiger partial charge in [-0.25, -0.2) is 0 Å². The van der Waals surface area contributed by atoms with Gasteiger partial charge in [-0.3, -0.25) is 0 Å². The number of piperazine rings is 1. The minimum atomic E-state index is 0.175. The second kappa shape index (κ2) is 2.28. The van der Waals surface area contributed by atoms with Gasteiger partial charge in [0.15, 0.2) is 0 Å². The van der Waals surface area contributed by atoms with Crippen LogP contribution in [0.25, 0.3) is 0 Å². The first-order chi connectivity index (χ1) is 3.39. The summed E-state index contributed by atoms with van der Waals surface area (Å²) in [7, 11) is 0. The molecule has 1 rings (SSSR count). The topological polar surface area (TPSA) is 24.1 Å². The maximum absolute atomic E-state index is 5.46. The van der Waals surface area contributed by atoms with Crippen LogP contribution in [0.4, 0.5) is 0 Å². The van der Waals surface area contributed by atoms with Gasteiger partial charge in [0.05, 0.1) is 0 Å². The molecule has 0 aliphatic carbocycles. The van der Waals surface area contributed by atoms with Gasteiger partial charge in [-0.15, -0.1) is 0 Å². The van der Waals surface area contributed by atoms with E-state index in [0.29, 0.717) is 0 Å². The monoisotopic (exact) mass is 98.1 g/mol. The Bertz CT molecular complexity index is 48.0. The summed E-state index contributed by atoms with van der Waals surface area (Å²) in [6, 6.07) is 0.175. The SMILES string of the molecule is [CH]C1CNCCN1. The lowest BCUT2D eigenvalue weighted by Gasteiger charge is -2.19. The van der Waals surface area contributed by atoms with Crippen LogP contribution >= 0.6 is 0 Å². The number of hydrogen-bond acceptors (Lipinski definition) is 2. The van der Waals surface area contributed by atoms with Gasteiger partial charge in [0, 0.05) is 25.7 Å². The van der Waals surface area contributed by atoms with Crippen molar-refractivity contribution in [1.82, 2.24) is 10.6 Å². The third-order valence-electron chi connectivity index (χ3n) is 1.07. The van der Waals surface area contributed by atoms with Crippen LogP contribution in [-0.2, 0) is 0 Å². The van der Waals surface area contributed by atoms with Gasteiger partial charge in [0.2, 0.25) is 0 Å². The molecule has 2 heteroatoms. The Hall–Kier alpha value is -0.0800. The summed E-state index contributed by atoms with van der Waals surface area (Å²) in [5, 5.41) is 6.24. The summed E-state index contributed by atoms with van der Waals surface area (Å²) in [6.07, 6.45) is 0. The van der Waals surface area contributed by atoms with E-state index >= 15 is 0 Å². The third kappa shape index (κ3) is 1.45. The van der Waals surface area contributed by atoms with E-state index in [4.69, 9.17) is 6.92 Å². The zero-order valence-corrected chi connectivity index (χ0v) is 4.28. The van der Waals surface area contributed by atoms with E-state index in [0.717, 1.165) is 19.6 Å². The predicted octanol–water partition coefficient (Wildman–Crippen LogP) is -0.741. The van der Waals surface area contributed by atoms with E-state index in [1.807, 2.05) is 0 Å². The van der Waals surface area contributed by atoms with E-state index in [9.17, 15) is 0 Å². The quantitative estimate of drug-likeness (QED) is 0.417. The van der Waals surface area contributed by atoms with Crippen molar-refractivity contribution in [3.63, 3.8) is 0 Å². The summed E-state index contributed by atoms with van der Waals surface area (Å²) < 4.78 is 0. The molecule has 1 heterocycles. The molecule has 0 amide bonds. The van der Waals surface area contributed by atoms with Crippen molar-refractivity contribution in [1.29, 1.82) is 0 Å². The molecule has 1 fully saturated rings.